The molecule has 0 bridgehead atoms. The molecule has 2 aromatic rings. The quantitative estimate of drug-likeness (QED) is 0.697. The van der Waals surface area contributed by atoms with Crippen molar-refractivity contribution in [3.63, 3.8) is 0 Å². The Morgan fingerprint density at radius 2 is 2.10 bits per heavy atom. The molecule has 0 aliphatic rings. The van der Waals surface area contributed by atoms with Gasteiger partial charge in [-0.05, 0) is 24.3 Å². The fourth-order valence-corrected chi connectivity index (χ4v) is 1.69. The maximum Gasteiger partial charge on any atom is 0.261 e. The van der Waals surface area contributed by atoms with Gasteiger partial charge in [0.25, 0.3) is 5.91 Å². The van der Waals surface area contributed by atoms with Gasteiger partial charge in [-0.3, -0.25) is 4.79 Å². The minimum absolute atomic E-state index is 0.0921. The second-order valence-electron chi connectivity index (χ2n) is 4.08. The molecule has 0 atom stereocenters. The average Bonchev–Trinajstić information content (AvgIpc) is 2.92. The number of amides is 1. The number of carbonyl (C=O) groups excluding carboxylic acids is 1. The van der Waals surface area contributed by atoms with Gasteiger partial charge in [0.05, 0.1) is 5.56 Å². The number of furan rings is 1. The van der Waals surface area contributed by atoms with Crippen LogP contribution in [0.25, 0.3) is 17.4 Å². The van der Waals surface area contributed by atoms with Gasteiger partial charge in [0.1, 0.15) is 34.8 Å². The lowest BCUT2D eigenvalue weighted by Gasteiger charge is -1.99. The van der Waals surface area contributed by atoms with Crippen LogP contribution in [0.2, 0.25) is 0 Å². The maximum absolute atomic E-state index is 13.6. The summed E-state index contributed by atoms with van der Waals surface area (Å²) in [6, 6.07) is 7.80. The molecule has 0 radical (unpaired) electrons. The minimum Gasteiger partial charge on any atom is -0.457 e. The molecule has 1 aromatic heterocycles. The summed E-state index contributed by atoms with van der Waals surface area (Å²) in [5.74, 6) is -1.61. The van der Waals surface area contributed by atoms with E-state index in [1.807, 2.05) is 0 Å². The van der Waals surface area contributed by atoms with Crippen LogP contribution in [0.5, 0.6) is 0 Å². The van der Waals surface area contributed by atoms with Crippen molar-refractivity contribution in [3.8, 4) is 17.4 Å². The van der Waals surface area contributed by atoms with E-state index in [0.717, 1.165) is 12.1 Å². The summed E-state index contributed by atoms with van der Waals surface area (Å²) in [4.78, 5) is 11.4. The van der Waals surface area contributed by atoms with Crippen molar-refractivity contribution in [3.05, 3.63) is 53.3 Å². The van der Waals surface area contributed by atoms with E-state index in [1.54, 1.807) is 6.07 Å². The largest absolute Gasteiger partial charge is 0.457 e. The van der Waals surface area contributed by atoms with Crippen LogP contribution in [-0.2, 0) is 4.79 Å². The number of benzene rings is 1. The van der Waals surface area contributed by atoms with Gasteiger partial charge in [-0.1, -0.05) is 0 Å². The molecule has 0 saturated heterocycles. The Balaban J connectivity index is 2.36. The number of nitrogens with zero attached hydrogens (tertiary/aromatic N) is 1. The van der Waals surface area contributed by atoms with Crippen LogP contribution in [-0.4, -0.2) is 13.0 Å². The standard InChI is InChI=1S/C15H10F2N2O2/c1-19-15(20)9(8-18)6-11-3-5-14(21-11)12-4-2-10(16)7-13(12)17/h2-7H,1H3,(H,19,20)/b9-6+. The number of nitriles is 1. The van der Waals surface area contributed by atoms with Gasteiger partial charge in [-0.15, -0.1) is 0 Å². The molecule has 0 aliphatic carbocycles. The molecule has 21 heavy (non-hydrogen) atoms. The zero-order valence-corrected chi connectivity index (χ0v) is 11.0. The van der Waals surface area contributed by atoms with Gasteiger partial charge in [0, 0.05) is 19.2 Å². The van der Waals surface area contributed by atoms with Crippen LogP contribution in [0.15, 0.2) is 40.3 Å². The minimum atomic E-state index is -0.758. The lowest BCUT2D eigenvalue weighted by Crippen LogP contribution is -2.18. The molecular weight excluding hydrogens is 278 g/mol. The Morgan fingerprint density at radius 1 is 1.33 bits per heavy atom. The van der Waals surface area contributed by atoms with Gasteiger partial charge < -0.3 is 9.73 Å². The van der Waals surface area contributed by atoms with Crippen LogP contribution in [0, 0.1) is 23.0 Å². The van der Waals surface area contributed by atoms with Crippen molar-refractivity contribution >= 4 is 12.0 Å². The first-order valence-corrected chi connectivity index (χ1v) is 5.94. The van der Waals surface area contributed by atoms with Crippen LogP contribution in [0.3, 0.4) is 0 Å². The first kappa shape index (κ1) is 14.5. The van der Waals surface area contributed by atoms with E-state index >= 15 is 0 Å². The van der Waals surface area contributed by atoms with E-state index in [4.69, 9.17) is 9.68 Å². The van der Waals surface area contributed by atoms with Crippen molar-refractivity contribution in [1.29, 1.82) is 5.26 Å². The number of carbonyl (C=O) groups is 1. The third-order valence-corrected chi connectivity index (χ3v) is 2.70. The topological polar surface area (TPSA) is 66.0 Å². The first-order chi connectivity index (χ1) is 10.0. The zero-order chi connectivity index (χ0) is 15.4. The highest BCUT2D eigenvalue weighted by Gasteiger charge is 2.12. The highest BCUT2D eigenvalue weighted by Crippen LogP contribution is 2.26. The van der Waals surface area contributed by atoms with Crippen molar-refractivity contribution in [2.24, 2.45) is 0 Å². The lowest BCUT2D eigenvalue weighted by atomic mass is 10.1. The van der Waals surface area contributed by atoms with Crippen LogP contribution >= 0.6 is 0 Å². The highest BCUT2D eigenvalue weighted by molar-refractivity contribution is 6.01. The Hall–Kier alpha value is -2.94. The highest BCUT2D eigenvalue weighted by atomic mass is 19.1. The number of halogens is 2. The molecule has 0 spiro atoms. The maximum atomic E-state index is 13.6. The predicted octanol–water partition coefficient (Wildman–Crippen LogP) is 2.88. The molecule has 1 aromatic carbocycles. The van der Waals surface area contributed by atoms with E-state index < -0.39 is 17.5 Å². The van der Waals surface area contributed by atoms with Gasteiger partial charge in [0.2, 0.25) is 0 Å². The first-order valence-electron chi connectivity index (χ1n) is 5.94. The Bertz CT molecular complexity index is 757. The summed E-state index contributed by atoms with van der Waals surface area (Å²) in [5.41, 5.74) is -0.0486. The van der Waals surface area contributed by atoms with E-state index in [1.165, 1.54) is 31.3 Å². The summed E-state index contributed by atoms with van der Waals surface area (Å²) in [5, 5.41) is 11.2. The number of likely N-dealkylation sites (N-methyl/N-ethyl adjacent to an activating group) is 1. The number of rotatable bonds is 3. The molecule has 0 saturated carbocycles. The monoisotopic (exact) mass is 288 g/mol. The molecular formula is C15H10F2N2O2. The second-order valence-corrected chi connectivity index (χ2v) is 4.08. The van der Waals surface area contributed by atoms with Crippen LogP contribution in [0.4, 0.5) is 8.78 Å². The fraction of sp³-hybridized carbons (Fsp3) is 0.0667. The van der Waals surface area contributed by atoms with Crippen LogP contribution < -0.4 is 5.32 Å². The van der Waals surface area contributed by atoms with E-state index in [0.29, 0.717) is 0 Å². The Labute approximate surface area is 119 Å². The third-order valence-electron chi connectivity index (χ3n) is 2.70. The smallest absolute Gasteiger partial charge is 0.261 e. The summed E-state index contributed by atoms with van der Waals surface area (Å²) >= 11 is 0. The van der Waals surface area contributed by atoms with Crippen molar-refractivity contribution < 1.29 is 18.0 Å². The lowest BCUT2D eigenvalue weighted by molar-refractivity contribution is -0.116. The summed E-state index contributed by atoms with van der Waals surface area (Å²) < 4.78 is 31.8. The molecule has 1 heterocycles. The third kappa shape index (κ3) is 3.15. The second kappa shape index (κ2) is 6.01. The number of hydrogen-bond donors (Lipinski definition) is 1. The van der Waals surface area contributed by atoms with Gasteiger partial charge in [-0.2, -0.15) is 5.26 Å². The number of nitrogens with one attached hydrogen (secondary N) is 1. The zero-order valence-electron chi connectivity index (χ0n) is 11.0. The fourth-order valence-electron chi connectivity index (χ4n) is 1.69. The summed E-state index contributed by atoms with van der Waals surface area (Å²) in [7, 11) is 1.40. The average molecular weight is 288 g/mol. The van der Waals surface area contributed by atoms with Crippen molar-refractivity contribution in [2.75, 3.05) is 7.05 Å². The molecule has 106 valence electrons. The molecule has 4 nitrogen and oxygen atoms in total. The molecule has 1 N–H and O–H groups in total. The Morgan fingerprint density at radius 3 is 2.71 bits per heavy atom. The van der Waals surface area contributed by atoms with E-state index in [-0.39, 0.29) is 22.7 Å². The molecule has 0 unspecified atom stereocenters. The van der Waals surface area contributed by atoms with Crippen LogP contribution in [0.1, 0.15) is 5.76 Å². The number of hydrogen-bond acceptors (Lipinski definition) is 3. The van der Waals surface area contributed by atoms with E-state index in [2.05, 4.69) is 5.32 Å². The molecule has 2 rings (SSSR count). The molecule has 0 fully saturated rings. The normalized spacial score (nSPS) is 11.0. The Kier molecular flexibility index (Phi) is 4.14. The van der Waals surface area contributed by atoms with E-state index in [9.17, 15) is 13.6 Å². The molecule has 0 aliphatic heterocycles. The SMILES string of the molecule is CNC(=O)/C(C#N)=C/c1ccc(-c2ccc(F)cc2F)o1. The van der Waals surface area contributed by atoms with Crippen molar-refractivity contribution in [2.45, 2.75) is 0 Å². The van der Waals surface area contributed by atoms with Gasteiger partial charge >= 0.3 is 0 Å². The summed E-state index contributed by atoms with van der Waals surface area (Å²) in [6.07, 6.45) is 1.24. The van der Waals surface area contributed by atoms with Gasteiger partial charge in [-0.25, -0.2) is 8.78 Å². The molecule has 1 amide bonds. The predicted molar refractivity (Wildman–Crippen MR) is 71.7 cm³/mol. The molecule has 6 heteroatoms. The summed E-state index contributed by atoms with van der Waals surface area (Å²) in [6.45, 7) is 0. The van der Waals surface area contributed by atoms with Gasteiger partial charge in [0.15, 0.2) is 0 Å². The van der Waals surface area contributed by atoms with Crippen molar-refractivity contribution in [1.82, 2.24) is 5.32 Å².